The second kappa shape index (κ2) is 10.6. The van der Waals surface area contributed by atoms with E-state index in [1.165, 1.54) is 18.2 Å². The molecular weight excluding hydrogens is 513 g/mol. The molecule has 1 aromatic rings. The normalized spacial score (nSPS) is 35.4. The van der Waals surface area contributed by atoms with Crippen molar-refractivity contribution in [2.24, 2.45) is 23.7 Å². The molecule has 0 radical (unpaired) electrons. The molecule has 206 valence electrons. The van der Waals surface area contributed by atoms with Crippen molar-refractivity contribution in [1.82, 2.24) is 10.2 Å². The summed E-state index contributed by atoms with van der Waals surface area (Å²) < 4.78 is 25.2. The Morgan fingerprint density at radius 1 is 1.26 bits per heavy atom. The van der Waals surface area contributed by atoms with Gasteiger partial charge in [-0.15, -0.1) is 0 Å². The fourth-order valence-corrected chi connectivity index (χ4v) is 6.91. The summed E-state index contributed by atoms with van der Waals surface area (Å²) in [4.78, 5) is 42.9. The molecule has 2 bridgehead atoms. The van der Waals surface area contributed by atoms with E-state index in [0.717, 1.165) is 19.3 Å². The standard InChI is InChI=1S/C28H35ClFN3O5/c1-15-6-4-7-20(16(15)2)32-26(35)24-28-11-10-21(38-28)22(23(28)27(36)33(24)12-5-13-37-3)25(34)31-17-8-9-19(30)18(29)14-17/h8-11,14-16,20-24H,4-7,12-13H2,1-3H3,(H,31,34)(H,32,35)/t15-,16+,20+,21+,22+,23+,24-,28-/m0/s1. The predicted molar refractivity (Wildman–Crippen MR) is 140 cm³/mol. The number of ether oxygens (including phenoxy) is 2. The topological polar surface area (TPSA) is 97.0 Å². The molecule has 3 heterocycles. The number of rotatable bonds is 8. The summed E-state index contributed by atoms with van der Waals surface area (Å²) in [5.74, 6) is -2.44. The van der Waals surface area contributed by atoms with Crippen LogP contribution in [-0.2, 0) is 23.9 Å². The number of likely N-dealkylation sites (tertiary alicyclic amines) is 1. The maximum Gasteiger partial charge on any atom is 0.246 e. The van der Waals surface area contributed by atoms with Crippen molar-refractivity contribution in [3.63, 3.8) is 0 Å². The number of anilines is 1. The molecule has 10 heteroatoms. The first kappa shape index (κ1) is 27.1. The Hall–Kier alpha value is -2.49. The quantitative estimate of drug-likeness (QED) is 0.383. The van der Waals surface area contributed by atoms with E-state index >= 15 is 0 Å². The van der Waals surface area contributed by atoms with Crippen LogP contribution in [0.25, 0.3) is 0 Å². The number of amides is 3. The van der Waals surface area contributed by atoms with E-state index < -0.39 is 41.3 Å². The number of hydrogen-bond donors (Lipinski definition) is 2. The molecule has 5 rings (SSSR count). The van der Waals surface area contributed by atoms with Crippen molar-refractivity contribution in [2.75, 3.05) is 25.6 Å². The molecule has 8 nitrogen and oxygen atoms in total. The maximum atomic E-state index is 13.9. The lowest BCUT2D eigenvalue weighted by molar-refractivity contribution is -0.141. The molecule has 1 aliphatic carbocycles. The van der Waals surface area contributed by atoms with Gasteiger partial charge in [-0.05, 0) is 42.9 Å². The molecule has 3 amide bonds. The van der Waals surface area contributed by atoms with Crippen LogP contribution in [0.2, 0.25) is 5.02 Å². The Morgan fingerprint density at radius 2 is 2.05 bits per heavy atom. The smallest absolute Gasteiger partial charge is 0.246 e. The monoisotopic (exact) mass is 547 g/mol. The predicted octanol–water partition coefficient (Wildman–Crippen LogP) is 3.55. The number of hydrogen-bond acceptors (Lipinski definition) is 5. The van der Waals surface area contributed by atoms with E-state index in [-0.39, 0.29) is 22.9 Å². The molecule has 3 fully saturated rings. The molecule has 8 atom stereocenters. The minimum Gasteiger partial charge on any atom is -0.385 e. The largest absolute Gasteiger partial charge is 0.385 e. The molecule has 2 N–H and O–H groups in total. The summed E-state index contributed by atoms with van der Waals surface area (Å²) in [5.41, 5.74) is -0.912. The Morgan fingerprint density at radius 3 is 2.79 bits per heavy atom. The lowest BCUT2D eigenvalue weighted by Crippen LogP contribution is -2.58. The third kappa shape index (κ3) is 4.52. The van der Waals surface area contributed by atoms with Gasteiger partial charge in [-0.2, -0.15) is 0 Å². The minimum atomic E-state index is -1.23. The molecule has 1 aromatic carbocycles. The Balaban J connectivity index is 1.42. The Kier molecular flexibility index (Phi) is 7.55. The van der Waals surface area contributed by atoms with Gasteiger partial charge < -0.3 is 25.0 Å². The second-order valence-corrected chi connectivity index (χ2v) is 11.5. The number of benzene rings is 1. The number of methoxy groups -OCH3 is 1. The van der Waals surface area contributed by atoms with Crippen molar-refractivity contribution in [2.45, 2.75) is 63.3 Å². The van der Waals surface area contributed by atoms with Crippen LogP contribution in [0.15, 0.2) is 30.4 Å². The Labute approximate surface area is 227 Å². The molecule has 4 aliphatic rings. The first-order valence-corrected chi connectivity index (χ1v) is 13.8. The van der Waals surface area contributed by atoms with E-state index in [4.69, 9.17) is 21.1 Å². The first-order valence-electron chi connectivity index (χ1n) is 13.4. The SMILES string of the molecule is COCCCN1C(=O)[C@H]2[C@H](C(=O)Nc3ccc(F)c(Cl)c3)[C@H]3C=C[C@@]2(O3)[C@@H]1C(=O)N[C@@H]1CCC[C@H](C)[C@H]1C. The van der Waals surface area contributed by atoms with E-state index in [9.17, 15) is 18.8 Å². The van der Waals surface area contributed by atoms with Gasteiger partial charge >= 0.3 is 0 Å². The van der Waals surface area contributed by atoms with Gasteiger partial charge in [-0.3, -0.25) is 14.4 Å². The zero-order valence-corrected chi connectivity index (χ0v) is 22.7. The number of carbonyl (C=O) groups is 3. The lowest BCUT2D eigenvalue weighted by atomic mass is 9.73. The van der Waals surface area contributed by atoms with Gasteiger partial charge in [-0.25, -0.2) is 4.39 Å². The third-order valence-electron chi connectivity index (χ3n) is 8.89. The fraction of sp³-hybridized carbons (Fsp3) is 0.607. The van der Waals surface area contributed by atoms with Crippen molar-refractivity contribution < 1.29 is 28.2 Å². The van der Waals surface area contributed by atoms with Gasteiger partial charge in [0, 0.05) is 32.0 Å². The Bertz CT molecular complexity index is 1150. The van der Waals surface area contributed by atoms with Crippen LogP contribution >= 0.6 is 11.6 Å². The zero-order chi connectivity index (χ0) is 27.2. The van der Waals surface area contributed by atoms with Crippen molar-refractivity contribution in [3.8, 4) is 0 Å². The highest BCUT2D eigenvalue weighted by molar-refractivity contribution is 6.31. The number of nitrogens with zero attached hydrogens (tertiary/aromatic N) is 1. The summed E-state index contributed by atoms with van der Waals surface area (Å²) in [6.07, 6.45) is 6.53. The molecule has 38 heavy (non-hydrogen) atoms. The number of nitrogens with one attached hydrogen (secondary N) is 2. The highest BCUT2D eigenvalue weighted by atomic mass is 35.5. The van der Waals surface area contributed by atoms with Gasteiger partial charge in [-0.1, -0.05) is 50.4 Å². The van der Waals surface area contributed by atoms with E-state index in [0.29, 0.717) is 37.1 Å². The summed E-state index contributed by atoms with van der Waals surface area (Å²) >= 11 is 5.89. The first-order chi connectivity index (χ1) is 18.2. The van der Waals surface area contributed by atoms with Crippen LogP contribution in [0.3, 0.4) is 0 Å². The minimum absolute atomic E-state index is 0.0162. The molecule has 2 saturated heterocycles. The van der Waals surface area contributed by atoms with Crippen molar-refractivity contribution in [3.05, 3.63) is 41.2 Å². The van der Waals surface area contributed by atoms with Gasteiger partial charge in [0.15, 0.2) is 0 Å². The highest BCUT2D eigenvalue weighted by Crippen LogP contribution is 2.55. The summed E-state index contributed by atoms with van der Waals surface area (Å²) in [6.45, 7) is 5.10. The average Bonchev–Trinajstić information content (AvgIpc) is 3.52. The van der Waals surface area contributed by atoms with Crippen molar-refractivity contribution in [1.29, 1.82) is 0 Å². The third-order valence-corrected chi connectivity index (χ3v) is 9.18. The number of carbonyl (C=O) groups excluding carboxylic acids is 3. The summed E-state index contributed by atoms with van der Waals surface area (Å²) in [6, 6.07) is 3.03. The van der Waals surface area contributed by atoms with Crippen LogP contribution in [-0.4, -0.2) is 66.7 Å². The van der Waals surface area contributed by atoms with Gasteiger partial charge in [0.25, 0.3) is 0 Å². The molecule has 1 saturated carbocycles. The fourth-order valence-electron chi connectivity index (χ4n) is 6.73. The second-order valence-electron chi connectivity index (χ2n) is 11.1. The lowest BCUT2D eigenvalue weighted by Gasteiger charge is -2.38. The molecule has 0 aromatic heterocycles. The maximum absolute atomic E-state index is 13.9. The van der Waals surface area contributed by atoms with Crippen LogP contribution in [0.5, 0.6) is 0 Å². The van der Waals surface area contributed by atoms with Gasteiger partial charge in [0.1, 0.15) is 17.5 Å². The van der Waals surface area contributed by atoms with E-state index in [2.05, 4.69) is 24.5 Å². The van der Waals surface area contributed by atoms with Crippen LogP contribution in [0.1, 0.15) is 39.5 Å². The molecule has 0 unspecified atom stereocenters. The molecule has 3 aliphatic heterocycles. The molecule has 1 spiro atoms. The van der Waals surface area contributed by atoms with Gasteiger partial charge in [0.2, 0.25) is 17.7 Å². The van der Waals surface area contributed by atoms with Crippen LogP contribution in [0.4, 0.5) is 10.1 Å². The van der Waals surface area contributed by atoms with Crippen molar-refractivity contribution >= 4 is 35.0 Å². The van der Waals surface area contributed by atoms with E-state index in [1.807, 2.05) is 0 Å². The summed E-state index contributed by atoms with van der Waals surface area (Å²) in [7, 11) is 1.59. The van der Waals surface area contributed by atoms with Gasteiger partial charge in [0.05, 0.1) is 23.0 Å². The van der Waals surface area contributed by atoms with Crippen LogP contribution < -0.4 is 10.6 Å². The van der Waals surface area contributed by atoms with E-state index in [1.54, 1.807) is 24.2 Å². The number of fused-ring (bicyclic) bond motifs is 1. The van der Waals surface area contributed by atoms with Crippen LogP contribution in [0, 0.1) is 29.5 Å². The average molecular weight is 548 g/mol. The summed E-state index contributed by atoms with van der Waals surface area (Å²) in [5, 5.41) is 5.88. The number of halogens is 2. The zero-order valence-electron chi connectivity index (χ0n) is 21.9. The highest BCUT2D eigenvalue weighted by Gasteiger charge is 2.72. The molecular formula is C28H35ClFN3O5.